The molecule has 9 rings (SSSR count). The Morgan fingerprint density at radius 1 is 0.275 bits per heavy atom. The molecule has 40 heavy (non-hydrogen) atoms. The Morgan fingerprint density at radius 3 is 1.02 bits per heavy atom. The fourth-order valence-electron chi connectivity index (χ4n) is 7.31. The van der Waals surface area contributed by atoms with Crippen LogP contribution in [0.2, 0.25) is 0 Å². The van der Waals surface area contributed by atoms with Gasteiger partial charge in [0.1, 0.15) is 0 Å². The van der Waals surface area contributed by atoms with Gasteiger partial charge in [-0.1, -0.05) is 109 Å². The van der Waals surface area contributed by atoms with Crippen molar-refractivity contribution in [1.29, 1.82) is 0 Å². The molecule has 0 aliphatic rings. The molecule has 0 aromatic heterocycles. The van der Waals surface area contributed by atoms with Crippen molar-refractivity contribution in [2.45, 2.75) is 0 Å². The third-order valence-electron chi connectivity index (χ3n) is 8.85. The first-order chi connectivity index (χ1) is 19.7. The summed E-state index contributed by atoms with van der Waals surface area (Å²) in [6.45, 7) is 0. The highest BCUT2D eigenvalue weighted by atomic mass is 14.6. The maximum absolute atomic E-state index is 6.57. The van der Waals surface area contributed by atoms with E-state index in [0.717, 1.165) is 22.1 Å². The molecular formula is C38H24N2. The molecular weight excluding hydrogens is 484 g/mol. The van der Waals surface area contributed by atoms with E-state index in [1.165, 1.54) is 76.1 Å². The highest BCUT2D eigenvalue weighted by Crippen LogP contribution is 2.56. The molecule has 9 aromatic carbocycles. The largest absolute Gasteiger partial charge is 0.398 e. The normalized spacial score (nSPS) is 12.2. The lowest BCUT2D eigenvalue weighted by molar-refractivity contribution is 1.68. The van der Waals surface area contributed by atoms with Gasteiger partial charge in [-0.3, -0.25) is 0 Å². The van der Waals surface area contributed by atoms with Crippen molar-refractivity contribution < 1.29 is 0 Å². The highest BCUT2D eigenvalue weighted by molar-refractivity contribution is 6.47. The highest BCUT2D eigenvalue weighted by Gasteiger charge is 2.27. The Labute approximate surface area is 230 Å². The lowest BCUT2D eigenvalue weighted by Crippen LogP contribution is -1.88. The van der Waals surface area contributed by atoms with Gasteiger partial charge in [-0.15, -0.1) is 0 Å². The number of hydrogen-bond donors (Lipinski definition) is 2. The average Bonchev–Trinajstić information content (AvgIpc) is 3.51. The van der Waals surface area contributed by atoms with Crippen molar-refractivity contribution >= 4 is 76.0 Å². The van der Waals surface area contributed by atoms with Crippen LogP contribution in [-0.4, -0.2) is 0 Å². The average molecular weight is 509 g/mol. The van der Waals surface area contributed by atoms with Crippen LogP contribution in [0.3, 0.4) is 0 Å². The van der Waals surface area contributed by atoms with Crippen molar-refractivity contribution in [2.75, 3.05) is 11.5 Å². The molecule has 2 nitrogen and oxygen atoms in total. The minimum Gasteiger partial charge on any atom is -0.398 e. The summed E-state index contributed by atoms with van der Waals surface area (Å²) in [6, 6.07) is 43.4. The van der Waals surface area contributed by atoms with Gasteiger partial charge in [0.15, 0.2) is 0 Å². The van der Waals surface area contributed by atoms with Crippen molar-refractivity contribution in [2.24, 2.45) is 0 Å². The SMILES string of the molecule is Nc1ccc2c3c(-c4ccccc4)c4c5ccc(N)c6cccc(c4c(-c4ccccc4)c3c3cccc1c32)c65. The van der Waals surface area contributed by atoms with Gasteiger partial charge in [0, 0.05) is 22.1 Å². The maximum atomic E-state index is 6.57. The second-order valence-corrected chi connectivity index (χ2v) is 10.8. The Hall–Kier alpha value is -5.34. The van der Waals surface area contributed by atoms with Gasteiger partial charge in [-0.05, 0) is 88.2 Å². The molecule has 0 unspecified atom stereocenters. The smallest absolute Gasteiger partial charge is 0.0394 e. The summed E-state index contributed by atoms with van der Waals surface area (Å²) in [4.78, 5) is 0. The van der Waals surface area contributed by atoms with E-state index in [2.05, 4.69) is 121 Å². The van der Waals surface area contributed by atoms with E-state index < -0.39 is 0 Å². The molecule has 0 aliphatic carbocycles. The number of benzene rings is 7. The summed E-state index contributed by atoms with van der Waals surface area (Å²) in [7, 11) is 0. The van der Waals surface area contributed by atoms with Gasteiger partial charge in [0.25, 0.3) is 0 Å². The first-order valence-corrected chi connectivity index (χ1v) is 13.7. The second kappa shape index (κ2) is 7.62. The number of fused-ring (bicyclic) bond motifs is 6. The third kappa shape index (κ3) is 2.58. The van der Waals surface area contributed by atoms with Gasteiger partial charge in [0.2, 0.25) is 0 Å². The number of hydrogen-bond acceptors (Lipinski definition) is 2. The van der Waals surface area contributed by atoms with Gasteiger partial charge in [-0.2, -0.15) is 0 Å². The van der Waals surface area contributed by atoms with E-state index in [-0.39, 0.29) is 0 Å². The van der Waals surface area contributed by atoms with E-state index in [9.17, 15) is 0 Å². The van der Waals surface area contributed by atoms with Gasteiger partial charge in [-0.25, -0.2) is 0 Å². The zero-order valence-corrected chi connectivity index (χ0v) is 21.7. The zero-order valence-electron chi connectivity index (χ0n) is 21.7. The van der Waals surface area contributed by atoms with Gasteiger partial charge in [0.05, 0.1) is 0 Å². The van der Waals surface area contributed by atoms with Crippen LogP contribution in [0.5, 0.6) is 0 Å². The predicted octanol–water partition coefficient (Wildman–Crippen LogP) is 9.98. The first kappa shape index (κ1) is 21.6. The van der Waals surface area contributed by atoms with Crippen molar-refractivity contribution in [3.05, 3.63) is 121 Å². The van der Waals surface area contributed by atoms with E-state index >= 15 is 0 Å². The molecule has 186 valence electrons. The van der Waals surface area contributed by atoms with Crippen LogP contribution in [0.25, 0.3) is 86.9 Å². The third-order valence-corrected chi connectivity index (χ3v) is 8.85. The molecule has 0 radical (unpaired) electrons. The van der Waals surface area contributed by atoms with E-state index in [0.29, 0.717) is 0 Å². The summed E-state index contributed by atoms with van der Waals surface area (Å²) < 4.78 is 0. The van der Waals surface area contributed by atoms with Crippen LogP contribution in [0.15, 0.2) is 121 Å². The number of anilines is 2. The molecule has 0 bridgehead atoms. The Kier molecular flexibility index (Phi) is 4.11. The summed E-state index contributed by atoms with van der Waals surface area (Å²) in [5.74, 6) is 0. The quantitative estimate of drug-likeness (QED) is 0.228. The van der Waals surface area contributed by atoms with Gasteiger partial charge >= 0.3 is 0 Å². The van der Waals surface area contributed by atoms with Crippen LogP contribution in [0, 0.1) is 0 Å². The number of nitrogen functional groups attached to an aromatic ring is 2. The molecule has 2 heteroatoms. The Balaban J connectivity index is 1.72. The predicted molar refractivity (Wildman–Crippen MR) is 174 cm³/mol. The lowest BCUT2D eigenvalue weighted by Gasteiger charge is -2.15. The van der Waals surface area contributed by atoms with Crippen LogP contribution in [0.4, 0.5) is 11.4 Å². The molecule has 0 heterocycles. The molecule has 0 saturated heterocycles. The monoisotopic (exact) mass is 508 g/mol. The molecule has 0 saturated carbocycles. The van der Waals surface area contributed by atoms with Crippen molar-refractivity contribution in [1.82, 2.24) is 0 Å². The van der Waals surface area contributed by atoms with E-state index in [1.807, 2.05) is 0 Å². The molecule has 0 fully saturated rings. The molecule has 0 amide bonds. The topological polar surface area (TPSA) is 52.0 Å². The van der Waals surface area contributed by atoms with Crippen molar-refractivity contribution in [3.8, 4) is 22.3 Å². The van der Waals surface area contributed by atoms with Crippen LogP contribution >= 0.6 is 0 Å². The summed E-state index contributed by atoms with van der Waals surface area (Å²) >= 11 is 0. The first-order valence-electron chi connectivity index (χ1n) is 13.7. The van der Waals surface area contributed by atoms with E-state index in [1.54, 1.807) is 0 Å². The molecule has 0 atom stereocenters. The van der Waals surface area contributed by atoms with Crippen LogP contribution in [-0.2, 0) is 0 Å². The molecule has 0 spiro atoms. The lowest BCUT2D eigenvalue weighted by atomic mass is 9.87. The Bertz CT molecular complexity index is 2190. The minimum absolute atomic E-state index is 0.814. The molecule has 4 N–H and O–H groups in total. The van der Waals surface area contributed by atoms with Gasteiger partial charge < -0.3 is 11.5 Å². The fourth-order valence-corrected chi connectivity index (χ4v) is 7.31. The minimum atomic E-state index is 0.814. The summed E-state index contributed by atoms with van der Waals surface area (Å²) in [6.07, 6.45) is 0. The summed E-state index contributed by atoms with van der Waals surface area (Å²) in [5.41, 5.74) is 19.7. The molecule has 0 aliphatic heterocycles. The number of nitrogens with two attached hydrogens (primary N) is 2. The van der Waals surface area contributed by atoms with E-state index in [4.69, 9.17) is 11.5 Å². The zero-order chi connectivity index (χ0) is 26.5. The standard InChI is InChI=1S/C38H24N2/c39-29-19-17-27-33-23(29)13-7-15-25(33)35-31(21-9-3-1-4-10-21)36-26-16-8-14-24-30(40)20-18-28(34(24)26)38(36)32(37(27)35)22-11-5-2-6-12-22/h1-20H,39-40H2. The molecule has 9 aromatic rings. The number of rotatable bonds is 2. The Morgan fingerprint density at radius 2 is 0.625 bits per heavy atom. The second-order valence-electron chi connectivity index (χ2n) is 10.8. The summed E-state index contributed by atoms with van der Waals surface area (Å²) in [5, 5.41) is 14.8. The maximum Gasteiger partial charge on any atom is 0.0394 e. The van der Waals surface area contributed by atoms with Crippen molar-refractivity contribution in [3.63, 3.8) is 0 Å². The fraction of sp³-hybridized carbons (Fsp3) is 0. The van der Waals surface area contributed by atoms with Crippen LogP contribution < -0.4 is 11.5 Å². The van der Waals surface area contributed by atoms with Crippen LogP contribution in [0.1, 0.15) is 0 Å².